The quantitative estimate of drug-likeness (QED) is 0.850. The maximum Gasteiger partial charge on any atom is 0.238 e. The van der Waals surface area contributed by atoms with Crippen molar-refractivity contribution in [3.05, 3.63) is 52.7 Å². The van der Waals surface area contributed by atoms with Crippen molar-refractivity contribution in [2.24, 2.45) is 0 Å². The van der Waals surface area contributed by atoms with Crippen molar-refractivity contribution in [3.8, 4) is 0 Å². The van der Waals surface area contributed by atoms with Crippen LogP contribution in [0.5, 0.6) is 0 Å². The molecule has 0 saturated heterocycles. The number of benzene rings is 1. The molecule has 1 heterocycles. The minimum absolute atomic E-state index is 0.00997. The Bertz CT molecular complexity index is 496. The highest BCUT2D eigenvalue weighted by Crippen LogP contribution is 2.10. The third kappa shape index (κ3) is 4.85. The van der Waals surface area contributed by atoms with E-state index in [2.05, 4.69) is 35.1 Å². The van der Waals surface area contributed by atoms with Gasteiger partial charge >= 0.3 is 0 Å². The lowest BCUT2D eigenvalue weighted by Crippen LogP contribution is -2.35. The Kier molecular flexibility index (Phi) is 5.12. The van der Waals surface area contributed by atoms with Gasteiger partial charge in [-0.3, -0.25) is 4.79 Å². The average Bonchev–Trinajstić information content (AvgIpc) is 2.90. The number of hydrogen-bond donors (Lipinski definition) is 2. The van der Waals surface area contributed by atoms with E-state index in [1.807, 2.05) is 30.3 Å². The Morgan fingerprint density at radius 3 is 2.68 bits per heavy atom. The van der Waals surface area contributed by atoms with Gasteiger partial charge < -0.3 is 10.6 Å². The summed E-state index contributed by atoms with van der Waals surface area (Å²) in [6.45, 7) is 2.43. The van der Waals surface area contributed by atoms with E-state index in [9.17, 15) is 4.79 Å². The number of amides is 1. The lowest BCUT2D eigenvalue weighted by molar-refractivity contribution is -0.115. The highest BCUT2D eigenvalue weighted by molar-refractivity contribution is 7.09. The number of hydrogen-bond acceptors (Lipinski definition) is 3. The first-order valence-electron chi connectivity index (χ1n) is 6.34. The van der Waals surface area contributed by atoms with Crippen LogP contribution in [0.15, 0.2) is 47.8 Å². The molecule has 0 aliphatic carbocycles. The van der Waals surface area contributed by atoms with Crippen LogP contribution in [0.1, 0.15) is 11.8 Å². The zero-order chi connectivity index (χ0) is 13.5. The predicted octanol–water partition coefficient (Wildman–Crippen LogP) is 2.91. The molecule has 0 radical (unpaired) electrons. The summed E-state index contributed by atoms with van der Waals surface area (Å²) >= 11 is 1.75. The van der Waals surface area contributed by atoms with E-state index < -0.39 is 0 Å². The zero-order valence-corrected chi connectivity index (χ0v) is 11.7. The molecule has 1 aromatic heterocycles. The van der Waals surface area contributed by atoms with Gasteiger partial charge in [-0.2, -0.15) is 0 Å². The van der Waals surface area contributed by atoms with E-state index >= 15 is 0 Å². The van der Waals surface area contributed by atoms with Gasteiger partial charge in [0.1, 0.15) is 0 Å². The Morgan fingerprint density at radius 1 is 1.21 bits per heavy atom. The molecule has 1 aromatic carbocycles. The molecule has 4 heteroatoms. The molecule has 2 N–H and O–H groups in total. The summed E-state index contributed by atoms with van der Waals surface area (Å²) in [5.41, 5.74) is 0.834. The molecule has 0 bridgehead atoms. The van der Waals surface area contributed by atoms with Crippen LogP contribution >= 0.6 is 11.3 Å². The van der Waals surface area contributed by atoms with E-state index in [1.54, 1.807) is 11.3 Å². The number of carbonyl (C=O) groups excluding carboxylic acids is 1. The fourth-order valence-electron chi connectivity index (χ4n) is 1.80. The maximum absolute atomic E-state index is 11.7. The van der Waals surface area contributed by atoms with Crippen LogP contribution in [0, 0.1) is 0 Å². The molecule has 0 aliphatic rings. The summed E-state index contributed by atoms with van der Waals surface area (Å²) < 4.78 is 0. The minimum Gasteiger partial charge on any atom is -0.325 e. The highest BCUT2D eigenvalue weighted by atomic mass is 32.1. The Balaban J connectivity index is 1.71. The van der Waals surface area contributed by atoms with Gasteiger partial charge in [-0.05, 0) is 36.9 Å². The van der Waals surface area contributed by atoms with Crippen molar-refractivity contribution < 1.29 is 4.79 Å². The lowest BCUT2D eigenvalue weighted by atomic mass is 10.2. The van der Waals surface area contributed by atoms with Gasteiger partial charge in [0, 0.05) is 16.6 Å². The second kappa shape index (κ2) is 7.07. The third-order valence-corrected chi connectivity index (χ3v) is 3.65. The molecule has 19 heavy (non-hydrogen) atoms. The van der Waals surface area contributed by atoms with E-state index in [1.165, 1.54) is 4.88 Å². The molecule has 100 valence electrons. The molecule has 0 aliphatic heterocycles. The number of carbonyl (C=O) groups is 1. The minimum atomic E-state index is -0.00997. The van der Waals surface area contributed by atoms with E-state index in [-0.39, 0.29) is 5.91 Å². The van der Waals surface area contributed by atoms with Crippen molar-refractivity contribution in [2.45, 2.75) is 19.4 Å². The first kappa shape index (κ1) is 13.8. The van der Waals surface area contributed by atoms with Crippen molar-refractivity contribution in [1.82, 2.24) is 5.32 Å². The normalized spacial score (nSPS) is 12.1. The zero-order valence-electron chi connectivity index (χ0n) is 10.9. The Hall–Kier alpha value is -1.65. The smallest absolute Gasteiger partial charge is 0.238 e. The van der Waals surface area contributed by atoms with Crippen molar-refractivity contribution >= 4 is 22.9 Å². The van der Waals surface area contributed by atoms with Crippen LogP contribution in [0.4, 0.5) is 5.69 Å². The van der Waals surface area contributed by atoms with E-state index in [0.29, 0.717) is 12.6 Å². The van der Waals surface area contributed by atoms with Crippen molar-refractivity contribution in [3.63, 3.8) is 0 Å². The third-order valence-electron chi connectivity index (χ3n) is 2.76. The molecule has 1 unspecified atom stereocenters. The average molecular weight is 274 g/mol. The summed E-state index contributed by atoms with van der Waals surface area (Å²) in [6.07, 6.45) is 0.955. The molecule has 1 amide bonds. The van der Waals surface area contributed by atoms with Gasteiger partial charge in [0.2, 0.25) is 5.91 Å². The Morgan fingerprint density at radius 2 is 2.00 bits per heavy atom. The van der Waals surface area contributed by atoms with Gasteiger partial charge in [0.25, 0.3) is 0 Å². The van der Waals surface area contributed by atoms with Crippen LogP contribution < -0.4 is 10.6 Å². The molecule has 0 fully saturated rings. The summed E-state index contributed by atoms with van der Waals surface area (Å²) in [5, 5.41) is 8.17. The van der Waals surface area contributed by atoms with Gasteiger partial charge in [-0.25, -0.2) is 0 Å². The lowest BCUT2D eigenvalue weighted by Gasteiger charge is -2.12. The van der Waals surface area contributed by atoms with Gasteiger partial charge in [0.05, 0.1) is 6.54 Å². The summed E-state index contributed by atoms with van der Waals surface area (Å²) in [5.74, 6) is -0.00997. The molecular weight excluding hydrogens is 256 g/mol. The maximum atomic E-state index is 11.7. The van der Waals surface area contributed by atoms with Gasteiger partial charge in [-0.15, -0.1) is 11.3 Å². The molecule has 1 atom stereocenters. The van der Waals surface area contributed by atoms with Gasteiger partial charge in [0.15, 0.2) is 0 Å². The summed E-state index contributed by atoms with van der Waals surface area (Å²) in [7, 11) is 0. The fourth-order valence-corrected chi connectivity index (χ4v) is 2.63. The summed E-state index contributed by atoms with van der Waals surface area (Å²) in [4.78, 5) is 13.1. The second-order valence-electron chi connectivity index (χ2n) is 4.48. The number of rotatable bonds is 6. The SMILES string of the molecule is CC(Cc1cccs1)NCC(=O)Nc1ccccc1. The standard InChI is InChI=1S/C15H18N2OS/c1-12(10-14-8-5-9-19-14)16-11-15(18)17-13-6-3-2-4-7-13/h2-9,12,16H,10-11H2,1H3,(H,17,18). The van der Waals surface area contributed by atoms with Crippen LogP contribution in [-0.2, 0) is 11.2 Å². The van der Waals surface area contributed by atoms with Gasteiger partial charge in [-0.1, -0.05) is 24.3 Å². The summed E-state index contributed by atoms with van der Waals surface area (Å²) in [6, 6.07) is 14.0. The monoisotopic (exact) mass is 274 g/mol. The topological polar surface area (TPSA) is 41.1 Å². The highest BCUT2D eigenvalue weighted by Gasteiger charge is 2.07. The predicted molar refractivity (Wildman–Crippen MR) is 80.6 cm³/mol. The van der Waals surface area contributed by atoms with Crippen LogP contribution in [0.3, 0.4) is 0 Å². The van der Waals surface area contributed by atoms with Crippen molar-refractivity contribution in [1.29, 1.82) is 0 Å². The molecule has 2 aromatic rings. The number of thiophene rings is 1. The first-order valence-corrected chi connectivity index (χ1v) is 7.22. The van der Waals surface area contributed by atoms with E-state index in [0.717, 1.165) is 12.1 Å². The largest absolute Gasteiger partial charge is 0.325 e. The molecule has 3 nitrogen and oxygen atoms in total. The molecule has 2 rings (SSSR count). The first-order chi connectivity index (χ1) is 9.24. The van der Waals surface area contributed by atoms with Crippen molar-refractivity contribution in [2.75, 3.05) is 11.9 Å². The fraction of sp³-hybridized carbons (Fsp3) is 0.267. The van der Waals surface area contributed by atoms with E-state index in [4.69, 9.17) is 0 Å². The molecular formula is C15H18N2OS. The Labute approximate surface area is 117 Å². The van der Waals surface area contributed by atoms with Crippen LogP contribution in [0.2, 0.25) is 0 Å². The second-order valence-corrected chi connectivity index (χ2v) is 5.51. The number of para-hydroxylation sites is 1. The van der Waals surface area contributed by atoms with Crippen LogP contribution in [0.25, 0.3) is 0 Å². The number of anilines is 1. The number of nitrogens with one attached hydrogen (secondary N) is 2. The van der Waals surface area contributed by atoms with Crippen LogP contribution in [-0.4, -0.2) is 18.5 Å². The molecule has 0 saturated carbocycles. The molecule has 0 spiro atoms.